The van der Waals surface area contributed by atoms with Gasteiger partial charge in [0.2, 0.25) is 0 Å². The number of hydrogen-bond donors (Lipinski definition) is 1. The molecule has 1 heteroatoms. The van der Waals surface area contributed by atoms with E-state index < -0.39 is 0 Å². The number of hydrogen-bond acceptors (Lipinski definition) is 1. The number of rotatable bonds is 5. The Balaban J connectivity index is 1.64. The average Bonchev–Trinajstić information content (AvgIpc) is 3.27. The molecule has 0 bridgehead atoms. The molecule has 20 heavy (non-hydrogen) atoms. The second-order valence-electron chi connectivity index (χ2n) is 6.97. The summed E-state index contributed by atoms with van der Waals surface area (Å²) in [7, 11) is 0. The van der Waals surface area contributed by atoms with Crippen molar-refractivity contribution in [1.82, 2.24) is 5.32 Å². The van der Waals surface area contributed by atoms with E-state index in [0.29, 0.717) is 0 Å². The Kier molecular flexibility index (Phi) is 4.77. The van der Waals surface area contributed by atoms with Crippen molar-refractivity contribution in [3.05, 3.63) is 35.4 Å². The van der Waals surface area contributed by atoms with Gasteiger partial charge in [-0.05, 0) is 68.5 Å². The van der Waals surface area contributed by atoms with Crippen LogP contribution in [0, 0.1) is 18.8 Å². The van der Waals surface area contributed by atoms with Gasteiger partial charge >= 0.3 is 0 Å². The van der Waals surface area contributed by atoms with E-state index in [2.05, 4.69) is 36.5 Å². The quantitative estimate of drug-likeness (QED) is 0.778. The molecule has 2 unspecified atom stereocenters. The van der Waals surface area contributed by atoms with Gasteiger partial charge in [0.05, 0.1) is 0 Å². The van der Waals surface area contributed by atoms with Crippen LogP contribution in [0.4, 0.5) is 0 Å². The molecule has 0 aromatic heterocycles. The third-order valence-corrected chi connectivity index (χ3v) is 5.31. The maximum Gasteiger partial charge on any atom is 0.00683 e. The van der Waals surface area contributed by atoms with Gasteiger partial charge in [-0.3, -0.25) is 0 Å². The Bertz CT molecular complexity index is 422. The second kappa shape index (κ2) is 6.76. The summed E-state index contributed by atoms with van der Waals surface area (Å²) in [5.74, 6) is 1.79. The van der Waals surface area contributed by atoms with Crippen LogP contribution in [0.1, 0.15) is 56.1 Å². The minimum Gasteiger partial charge on any atom is -0.314 e. The van der Waals surface area contributed by atoms with Crippen LogP contribution in [0.2, 0.25) is 0 Å². The summed E-state index contributed by atoms with van der Waals surface area (Å²) in [6.07, 6.45) is 11.3. The van der Waals surface area contributed by atoms with Gasteiger partial charge in [0.15, 0.2) is 0 Å². The zero-order valence-electron chi connectivity index (χ0n) is 12.9. The smallest absolute Gasteiger partial charge is 0.00683 e. The summed E-state index contributed by atoms with van der Waals surface area (Å²) in [6, 6.07) is 9.83. The van der Waals surface area contributed by atoms with Crippen molar-refractivity contribution in [2.24, 2.45) is 11.8 Å². The molecule has 110 valence electrons. The van der Waals surface area contributed by atoms with E-state index >= 15 is 0 Å². The average molecular weight is 271 g/mol. The Labute approximate surface area is 124 Å². The van der Waals surface area contributed by atoms with Crippen LogP contribution in [-0.2, 0) is 6.42 Å². The van der Waals surface area contributed by atoms with E-state index in [4.69, 9.17) is 0 Å². The van der Waals surface area contributed by atoms with Crippen LogP contribution in [0.3, 0.4) is 0 Å². The molecular formula is C19H29N. The van der Waals surface area contributed by atoms with Crippen molar-refractivity contribution >= 4 is 0 Å². The topological polar surface area (TPSA) is 12.0 Å². The molecule has 0 spiro atoms. The highest BCUT2D eigenvalue weighted by Crippen LogP contribution is 2.32. The van der Waals surface area contributed by atoms with Crippen LogP contribution in [-0.4, -0.2) is 12.6 Å². The summed E-state index contributed by atoms with van der Waals surface area (Å²) in [4.78, 5) is 0. The molecule has 0 saturated heterocycles. The fourth-order valence-electron chi connectivity index (χ4n) is 3.73. The first kappa shape index (κ1) is 14.1. The first-order valence-electron chi connectivity index (χ1n) is 8.61. The van der Waals surface area contributed by atoms with Gasteiger partial charge < -0.3 is 5.32 Å². The van der Waals surface area contributed by atoms with Crippen molar-refractivity contribution in [3.8, 4) is 0 Å². The molecule has 3 rings (SSSR count). The second-order valence-corrected chi connectivity index (χ2v) is 6.97. The van der Waals surface area contributed by atoms with Gasteiger partial charge in [0.1, 0.15) is 0 Å². The number of aryl methyl sites for hydroxylation is 1. The fraction of sp³-hybridized carbons (Fsp3) is 0.684. The predicted molar refractivity (Wildman–Crippen MR) is 86.0 cm³/mol. The summed E-state index contributed by atoms with van der Waals surface area (Å²) >= 11 is 0. The van der Waals surface area contributed by atoms with Crippen LogP contribution in [0.15, 0.2) is 24.3 Å². The normalized spacial score (nSPS) is 27.2. The lowest BCUT2D eigenvalue weighted by atomic mass is 9.82. The Morgan fingerprint density at radius 2 is 1.70 bits per heavy atom. The van der Waals surface area contributed by atoms with Crippen molar-refractivity contribution < 1.29 is 0 Å². The highest BCUT2D eigenvalue weighted by Gasteiger charge is 2.27. The first-order chi connectivity index (χ1) is 9.83. The van der Waals surface area contributed by atoms with Gasteiger partial charge in [-0.25, -0.2) is 0 Å². The maximum atomic E-state index is 3.78. The van der Waals surface area contributed by atoms with Crippen molar-refractivity contribution in [2.45, 2.75) is 64.3 Å². The minimum atomic E-state index is 0.859. The summed E-state index contributed by atoms with van der Waals surface area (Å²) in [5, 5.41) is 3.78. The molecule has 2 fully saturated rings. The van der Waals surface area contributed by atoms with Gasteiger partial charge in [-0.2, -0.15) is 0 Å². The molecule has 2 aliphatic rings. The molecule has 0 amide bonds. The molecule has 2 aliphatic carbocycles. The minimum absolute atomic E-state index is 0.859. The fourth-order valence-corrected chi connectivity index (χ4v) is 3.73. The van der Waals surface area contributed by atoms with Crippen LogP contribution in [0.5, 0.6) is 0 Å². The molecule has 1 aromatic rings. The lowest BCUT2D eigenvalue weighted by Crippen LogP contribution is -2.30. The Hall–Kier alpha value is -0.820. The molecule has 2 atom stereocenters. The summed E-state index contributed by atoms with van der Waals surface area (Å²) < 4.78 is 0. The molecule has 1 N–H and O–H groups in total. The van der Waals surface area contributed by atoms with Crippen molar-refractivity contribution in [1.29, 1.82) is 0 Å². The van der Waals surface area contributed by atoms with Gasteiger partial charge in [-0.15, -0.1) is 0 Å². The van der Waals surface area contributed by atoms with E-state index in [1.54, 1.807) is 5.56 Å². The zero-order chi connectivity index (χ0) is 13.8. The van der Waals surface area contributed by atoms with Crippen LogP contribution in [0.25, 0.3) is 0 Å². The van der Waals surface area contributed by atoms with Crippen molar-refractivity contribution in [2.75, 3.05) is 6.54 Å². The van der Waals surface area contributed by atoms with Gasteiger partial charge in [0, 0.05) is 6.04 Å². The zero-order valence-corrected chi connectivity index (χ0v) is 12.9. The first-order valence-corrected chi connectivity index (χ1v) is 8.61. The molecule has 1 aromatic carbocycles. The van der Waals surface area contributed by atoms with E-state index in [1.807, 2.05) is 0 Å². The lowest BCUT2D eigenvalue weighted by Gasteiger charge is -2.26. The van der Waals surface area contributed by atoms with Crippen LogP contribution >= 0.6 is 0 Å². The number of nitrogens with one attached hydrogen (secondary N) is 1. The highest BCUT2D eigenvalue weighted by atomic mass is 14.9. The summed E-state index contributed by atoms with van der Waals surface area (Å²) in [6.45, 7) is 3.53. The maximum absolute atomic E-state index is 3.78. The van der Waals surface area contributed by atoms with Crippen LogP contribution < -0.4 is 5.32 Å². The molecule has 0 aliphatic heterocycles. The Morgan fingerprint density at radius 1 is 0.950 bits per heavy atom. The third-order valence-electron chi connectivity index (χ3n) is 5.31. The monoisotopic (exact) mass is 271 g/mol. The highest BCUT2D eigenvalue weighted by molar-refractivity contribution is 5.26. The Morgan fingerprint density at radius 3 is 2.45 bits per heavy atom. The van der Waals surface area contributed by atoms with E-state index in [0.717, 1.165) is 17.9 Å². The predicted octanol–water partition coefficient (Wildman–Crippen LogP) is 4.49. The van der Waals surface area contributed by atoms with E-state index in [1.165, 1.54) is 63.5 Å². The summed E-state index contributed by atoms with van der Waals surface area (Å²) in [5.41, 5.74) is 3.06. The van der Waals surface area contributed by atoms with E-state index in [-0.39, 0.29) is 0 Å². The SMILES string of the molecule is Cc1ccccc1CC1CCCCCC1CNC1CC1. The standard InChI is InChI=1S/C19H29N/c1-15-7-5-6-8-16(15)13-17-9-3-2-4-10-18(17)14-20-19-11-12-19/h5-8,17-20H,2-4,9-14H2,1H3. The van der Waals surface area contributed by atoms with Crippen molar-refractivity contribution in [3.63, 3.8) is 0 Å². The molecule has 2 saturated carbocycles. The molecule has 0 radical (unpaired) electrons. The molecular weight excluding hydrogens is 242 g/mol. The van der Waals surface area contributed by atoms with E-state index in [9.17, 15) is 0 Å². The molecule has 0 heterocycles. The van der Waals surface area contributed by atoms with Gasteiger partial charge in [-0.1, -0.05) is 43.5 Å². The van der Waals surface area contributed by atoms with Gasteiger partial charge in [0.25, 0.3) is 0 Å². The number of benzene rings is 1. The molecule has 1 nitrogen and oxygen atoms in total. The third kappa shape index (κ3) is 3.85. The largest absolute Gasteiger partial charge is 0.314 e. The lowest BCUT2D eigenvalue weighted by molar-refractivity contribution is 0.296.